The molecule has 1 aromatic heterocycles. The van der Waals surface area contributed by atoms with E-state index in [2.05, 4.69) is 64.7 Å². The molecule has 5 heteroatoms. The van der Waals surface area contributed by atoms with Crippen molar-refractivity contribution in [1.29, 1.82) is 0 Å². The molecule has 0 aliphatic carbocycles. The Morgan fingerprint density at radius 3 is 2.57 bits per heavy atom. The van der Waals surface area contributed by atoms with Crippen LogP contribution in [0.1, 0.15) is 16.0 Å². The van der Waals surface area contributed by atoms with Crippen molar-refractivity contribution in [1.82, 2.24) is 9.80 Å². The molecular formula is C18H23N3S2. The number of nitrogens with zero attached hydrogens (tertiary/aromatic N) is 2. The topological polar surface area (TPSA) is 18.5 Å². The Labute approximate surface area is 147 Å². The van der Waals surface area contributed by atoms with Crippen molar-refractivity contribution >= 4 is 34.4 Å². The van der Waals surface area contributed by atoms with Gasteiger partial charge in [-0.1, -0.05) is 12.1 Å². The molecule has 3 rings (SSSR count). The molecule has 1 saturated heterocycles. The fourth-order valence-electron chi connectivity index (χ4n) is 2.75. The van der Waals surface area contributed by atoms with E-state index in [4.69, 9.17) is 12.2 Å². The summed E-state index contributed by atoms with van der Waals surface area (Å²) in [7, 11) is 0. The second-order valence-electron chi connectivity index (χ2n) is 6.07. The minimum atomic E-state index is 0.837. The molecule has 1 N–H and O–H groups in total. The molecule has 1 aromatic carbocycles. The summed E-state index contributed by atoms with van der Waals surface area (Å²) in [5, 5.41) is 6.37. The van der Waals surface area contributed by atoms with Crippen LogP contribution in [-0.2, 0) is 6.54 Å². The molecule has 0 bridgehead atoms. The van der Waals surface area contributed by atoms with Crippen LogP contribution in [0.2, 0.25) is 0 Å². The molecule has 2 aromatic rings. The first kappa shape index (κ1) is 16.4. The van der Waals surface area contributed by atoms with E-state index in [1.54, 1.807) is 0 Å². The first-order valence-electron chi connectivity index (χ1n) is 8.00. The lowest BCUT2D eigenvalue weighted by atomic mass is 10.1. The summed E-state index contributed by atoms with van der Waals surface area (Å²) in [5.41, 5.74) is 3.68. The van der Waals surface area contributed by atoms with Gasteiger partial charge in [-0.15, -0.1) is 11.3 Å². The lowest BCUT2D eigenvalue weighted by Gasteiger charge is -2.36. The first-order valence-corrected chi connectivity index (χ1v) is 9.28. The van der Waals surface area contributed by atoms with Gasteiger partial charge in [0.25, 0.3) is 0 Å². The first-order chi connectivity index (χ1) is 11.1. The van der Waals surface area contributed by atoms with Gasteiger partial charge >= 0.3 is 0 Å². The van der Waals surface area contributed by atoms with E-state index in [0.717, 1.165) is 43.5 Å². The summed E-state index contributed by atoms with van der Waals surface area (Å²) in [6.07, 6.45) is 0. The van der Waals surface area contributed by atoms with Gasteiger partial charge in [0.2, 0.25) is 0 Å². The Hall–Kier alpha value is -1.43. The van der Waals surface area contributed by atoms with Crippen molar-refractivity contribution in [2.24, 2.45) is 0 Å². The Bertz CT molecular complexity index is 659. The smallest absolute Gasteiger partial charge is 0.173 e. The summed E-state index contributed by atoms with van der Waals surface area (Å²) < 4.78 is 0. The maximum atomic E-state index is 5.59. The van der Waals surface area contributed by atoms with Crippen LogP contribution in [0.4, 0.5) is 5.69 Å². The van der Waals surface area contributed by atoms with Crippen LogP contribution in [0.3, 0.4) is 0 Å². The molecule has 122 valence electrons. The van der Waals surface area contributed by atoms with Crippen LogP contribution < -0.4 is 5.32 Å². The van der Waals surface area contributed by atoms with Gasteiger partial charge in [0, 0.05) is 43.3 Å². The van der Waals surface area contributed by atoms with Crippen molar-refractivity contribution < 1.29 is 0 Å². The monoisotopic (exact) mass is 345 g/mol. The van der Waals surface area contributed by atoms with Crippen molar-refractivity contribution in [2.75, 3.05) is 31.5 Å². The molecule has 0 spiro atoms. The molecule has 0 saturated carbocycles. The highest BCUT2D eigenvalue weighted by molar-refractivity contribution is 7.80. The zero-order valence-electron chi connectivity index (χ0n) is 13.7. The normalized spacial score (nSPS) is 15.7. The summed E-state index contributed by atoms with van der Waals surface area (Å²) in [6.45, 7) is 9.42. The van der Waals surface area contributed by atoms with Crippen LogP contribution >= 0.6 is 23.6 Å². The van der Waals surface area contributed by atoms with Gasteiger partial charge < -0.3 is 10.2 Å². The molecule has 2 heterocycles. The molecule has 1 aliphatic heterocycles. The maximum absolute atomic E-state index is 5.59. The van der Waals surface area contributed by atoms with Crippen molar-refractivity contribution in [2.45, 2.75) is 20.4 Å². The number of thiophene rings is 1. The SMILES string of the molecule is Cc1ccc(NC(=S)N2CCN(Cc3cccs3)CC2)cc1C. The Balaban J connectivity index is 1.50. The fourth-order valence-corrected chi connectivity index (χ4v) is 3.80. The molecular weight excluding hydrogens is 322 g/mol. The van der Waals surface area contributed by atoms with Gasteiger partial charge in [0.1, 0.15) is 0 Å². The summed E-state index contributed by atoms with van der Waals surface area (Å²) in [4.78, 5) is 6.21. The zero-order valence-corrected chi connectivity index (χ0v) is 15.3. The van der Waals surface area contributed by atoms with Crippen LogP contribution in [0.15, 0.2) is 35.7 Å². The average Bonchev–Trinajstić information content (AvgIpc) is 3.04. The van der Waals surface area contributed by atoms with E-state index in [1.165, 1.54) is 16.0 Å². The van der Waals surface area contributed by atoms with Crippen LogP contribution in [0, 0.1) is 13.8 Å². The minimum absolute atomic E-state index is 0.837. The number of anilines is 1. The molecule has 1 fully saturated rings. The fraction of sp³-hybridized carbons (Fsp3) is 0.389. The average molecular weight is 346 g/mol. The van der Waals surface area contributed by atoms with Gasteiger partial charge in [-0.25, -0.2) is 0 Å². The zero-order chi connectivity index (χ0) is 16.2. The second-order valence-corrected chi connectivity index (χ2v) is 7.49. The lowest BCUT2D eigenvalue weighted by Crippen LogP contribution is -2.49. The van der Waals surface area contributed by atoms with E-state index >= 15 is 0 Å². The third-order valence-corrected chi connectivity index (χ3v) is 5.60. The highest BCUT2D eigenvalue weighted by atomic mass is 32.1. The molecule has 0 amide bonds. The summed E-state index contributed by atoms with van der Waals surface area (Å²) in [5.74, 6) is 0. The quantitative estimate of drug-likeness (QED) is 0.851. The number of aryl methyl sites for hydroxylation is 2. The number of benzene rings is 1. The predicted molar refractivity (Wildman–Crippen MR) is 103 cm³/mol. The van der Waals surface area contributed by atoms with Gasteiger partial charge in [-0.05, 0) is 60.8 Å². The molecule has 3 nitrogen and oxygen atoms in total. The lowest BCUT2D eigenvalue weighted by molar-refractivity contribution is 0.178. The van der Waals surface area contributed by atoms with Crippen LogP contribution in [0.25, 0.3) is 0 Å². The van der Waals surface area contributed by atoms with E-state index in [9.17, 15) is 0 Å². The predicted octanol–water partition coefficient (Wildman–Crippen LogP) is 3.88. The number of piperazine rings is 1. The molecule has 23 heavy (non-hydrogen) atoms. The van der Waals surface area contributed by atoms with Gasteiger partial charge in [0.05, 0.1) is 0 Å². The van der Waals surface area contributed by atoms with Crippen molar-refractivity contribution in [3.63, 3.8) is 0 Å². The number of hydrogen-bond donors (Lipinski definition) is 1. The molecule has 1 aliphatic rings. The largest absolute Gasteiger partial charge is 0.346 e. The highest BCUT2D eigenvalue weighted by Gasteiger charge is 2.19. The number of nitrogens with one attached hydrogen (secondary N) is 1. The number of rotatable bonds is 3. The standard InChI is InChI=1S/C18H23N3S2/c1-14-5-6-16(12-15(14)2)19-18(22)21-9-7-20(8-10-21)13-17-4-3-11-23-17/h3-6,11-12H,7-10,13H2,1-2H3,(H,19,22). The third-order valence-electron chi connectivity index (χ3n) is 4.38. The highest BCUT2D eigenvalue weighted by Crippen LogP contribution is 2.16. The Morgan fingerprint density at radius 1 is 1.13 bits per heavy atom. The van der Waals surface area contributed by atoms with E-state index in [0.29, 0.717) is 0 Å². The summed E-state index contributed by atoms with van der Waals surface area (Å²) >= 11 is 7.42. The van der Waals surface area contributed by atoms with Crippen molar-refractivity contribution in [3.05, 3.63) is 51.7 Å². The molecule has 0 radical (unpaired) electrons. The van der Waals surface area contributed by atoms with Gasteiger partial charge in [-0.3, -0.25) is 4.90 Å². The Morgan fingerprint density at radius 2 is 1.91 bits per heavy atom. The van der Waals surface area contributed by atoms with Gasteiger partial charge in [0.15, 0.2) is 5.11 Å². The van der Waals surface area contributed by atoms with Crippen LogP contribution in [0.5, 0.6) is 0 Å². The third kappa shape index (κ3) is 4.31. The van der Waals surface area contributed by atoms with E-state index in [-0.39, 0.29) is 0 Å². The summed E-state index contributed by atoms with van der Waals surface area (Å²) in [6, 6.07) is 10.7. The Kier molecular flexibility index (Phi) is 5.30. The maximum Gasteiger partial charge on any atom is 0.173 e. The molecule has 0 unspecified atom stereocenters. The van der Waals surface area contributed by atoms with Crippen LogP contribution in [-0.4, -0.2) is 41.1 Å². The number of hydrogen-bond acceptors (Lipinski definition) is 3. The minimum Gasteiger partial charge on any atom is -0.346 e. The van der Waals surface area contributed by atoms with E-state index < -0.39 is 0 Å². The molecule has 0 atom stereocenters. The number of thiocarbonyl (C=S) groups is 1. The second kappa shape index (κ2) is 7.43. The van der Waals surface area contributed by atoms with Crippen molar-refractivity contribution in [3.8, 4) is 0 Å². The van der Waals surface area contributed by atoms with E-state index in [1.807, 2.05) is 11.3 Å². The van der Waals surface area contributed by atoms with Gasteiger partial charge in [-0.2, -0.15) is 0 Å².